The molecule has 2 aliphatic heterocycles. The molecular weight excluding hydrogens is 352 g/mol. The first-order valence-corrected chi connectivity index (χ1v) is 11.6. The lowest BCUT2D eigenvalue weighted by Gasteiger charge is -2.36. The van der Waals surface area contributed by atoms with Gasteiger partial charge in [-0.05, 0) is 31.4 Å². The molecule has 2 heterocycles. The van der Waals surface area contributed by atoms with E-state index in [1.165, 1.54) is 25.0 Å². The molecule has 0 saturated carbocycles. The molecule has 6 heteroatoms. The lowest BCUT2D eigenvalue weighted by molar-refractivity contribution is -0.131. The molecule has 0 radical (unpaired) electrons. The summed E-state index contributed by atoms with van der Waals surface area (Å²) in [7, 11) is 5.74. The number of carbonyl (C=O) groups is 1. The van der Waals surface area contributed by atoms with Gasteiger partial charge in [-0.3, -0.25) is 4.79 Å². The molecule has 4 nitrogen and oxygen atoms in total. The predicted octanol–water partition coefficient (Wildman–Crippen LogP) is 4.06. The van der Waals surface area contributed by atoms with Crippen LogP contribution in [0.5, 0.6) is 5.75 Å². The normalized spacial score (nSPS) is 20.8. The van der Waals surface area contributed by atoms with E-state index in [0.717, 1.165) is 49.3 Å². The molecule has 138 valence electrons. The first kappa shape index (κ1) is 18.8. The molecule has 1 amide bonds. The van der Waals surface area contributed by atoms with Gasteiger partial charge in [-0.2, -0.15) is 0 Å². The maximum Gasteiger partial charge on any atom is 0.222 e. The molecule has 0 aliphatic carbocycles. The number of nitrogens with zero attached hydrogens (tertiary/aromatic N) is 2. The van der Waals surface area contributed by atoms with Gasteiger partial charge in [0.05, 0.1) is 12.8 Å². The maximum absolute atomic E-state index is 12.4. The molecule has 0 spiro atoms. The second-order valence-electron chi connectivity index (χ2n) is 6.61. The van der Waals surface area contributed by atoms with E-state index in [-0.39, 0.29) is 0 Å². The Labute approximate surface area is 159 Å². The molecule has 0 N–H and O–H groups in total. The second kappa shape index (κ2) is 9.62. The van der Waals surface area contributed by atoms with Crippen LogP contribution in [0.15, 0.2) is 24.3 Å². The third-order valence-corrected chi connectivity index (χ3v) is 7.96. The summed E-state index contributed by atoms with van der Waals surface area (Å²) in [5, 5.41) is 0.824. The second-order valence-corrected chi connectivity index (χ2v) is 9.40. The predicted molar refractivity (Wildman–Crippen MR) is 109 cm³/mol. The van der Waals surface area contributed by atoms with Crippen LogP contribution in [0, 0.1) is 0 Å². The van der Waals surface area contributed by atoms with E-state index in [1.807, 2.05) is 44.7 Å². The molecule has 0 unspecified atom stereocenters. The van der Waals surface area contributed by atoms with E-state index in [0.29, 0.717) is 12.3 Å². The quantitative estimate of drug-likeness (QED) is 0.526. The van der Waals surface area contributed by atoms with E-state index in [4.69, 9.17) is 4.74 Å². The van der Waals surface area contributed by atoms with Gasteiger partial charge in [0.2, 0.25) is 5.91 Å². The van der Waals surface area contributed by atoms with Crippen LogP contribution in [0.2, 0.25) is 0 Å². The number of methoxy groups -OCH3 is 1. The van der Waals surface area contributed by atoms with Crippen molar-refractivity contribution in [3.63, 3.8) is 0 Å². The van der Waals surface area contributed by atoms with Crippen molar-refractivity contribution >= 4 is 33.2 Å². The minimum atomic E-state index is 0.327. The molecule has 25 heavy (non-hydrogen) atoms. The van der Waals surface area contributed by atoms with Crippen molar-refractivity contribution in [1.82, 2.24) is 4.90 Å². The number of rotatable bonds is 7. The number of piperazine rings is 1. The van der Waals surface area contributed by atoms with Crippen LogP contribution in [0.1, 0.15) is 32.1 Å². The highest BCUT2D eigenvalue weighted by atomic mass is 33.1. The monoisotopic (exact) mass is 380 g/mol. The van der Waals surface area contributed by atoms with Gasteiger partial charge in [0, 0.05) is 43.6 Å². The Balaban J connectivity index is 1.38. The molecule has 2 aliphatic rings. The van der Waals surface area contributed by atoms with E-state index in [1.54, 1.807) is 7.11 Å². The van der Waals surface area contributed by atoms with E-state index >= 15 is 0 Å². The van der Waals surface area contributed by atoms with E-state index in [9.17, 15) is 4.79 Å². The number of ether oxygens (including phenoxy) is 1. The van der Waals surface area contributed by atoms with Gasteiger partial charge in [0.15, 0.2) is 0 Å². The fourth-order valence-corrected chi connectivity index (χ4v) is 6.49. The van der Waals surface area contributed by atoms with Crippen molar-refractivity contribution in [2.24, 2.45) is 0 Å². The zero-order valence-electron chi connectivity index (χ0n) is 15.0. The third-order valence-electron chi connectivity index (χ3n) is 4.95. The van der Waals surface area contributed by atoms with Gasteiger partial charge in [-0.15, -0.1) is 0 Å². The zero-order chi connectivity index (χ0) is 17.5. The number of hydrogen-bond acceptors (Lipinski definition) is 5. The van der Waals surface area contributed by atoms with Crippen molar-refractivity contribution in [2.75, 3.05) is 43.9 Å². The summed E-state index contributed by atoms with van der Waals surface area (Å²) in [5.41, 5.74) is 1.13. The van der Waals surface area contributed by atoms with Crippen LogP contribution in [0.4, 0.5) is 5.69 Å². The topological polar surface area (TPSA) is 32.8 Å². The Hall–Kier alpha value is -1.01. The number of para-hydroxylation sites is 2. The standard InChI is InChI=1S/C19H28N2O2S2/c1-23-18-8-4-3-7-17(18)20-11-13-21(14-12-20)19(22)9-5-2-6-16-10-15-24-25-16/h3-4,7-8,16H,2,5-6,9-15H2,1H3/t16-/m1/s1. The fourth-order valence-electron chi connectivity index (χ4n) is 3.46. The molecule has 2 fully saturated rings. The Bertz CT molecular complexity index is 556. The summed E-state index contributed by atoms with van der Waals surface area (Å²) < 4.78 is 5.46. The van der Waals surface area contributed by atoms with Gasteiger partial charge < -0.3 is 14.5 Å². The summed E-state index contributed by atoms with van der Waals surface area (Å²) in [6.07, 6.45) is 5.54. The Kier molecular flexibility index (Phi) is 7.23. The third kappa shape index (κ3) is 5.23. The number of benzene rings is 1. The molecule has 2 saturated heterocycles. The SMILES string of the molecule is COc1ccccc1N1CCN(C(=O)CCCC[C@@H]2CCSS2)CC1. The van der Waals surface area contributed by atoms with Crippen LogP contribution >= 0.6 is 21.6 Å². The largest absolute Gasteiger partial charge is 0.495 e. The minimum absolute atomic E-state index is 0.327. The van der Waals surface area contributed by atoms with Crippen LogP contribution < -0.4 is 9.64 Å². The van der Waals surface area contributed by atoms with Gasteiger partial charge in [-0.25, -0.2) is 0 Å². The zero-order valence-corrected chi connectivity index (χ0v) is 16.6. The Morgan fingerprint density at radius 2 is 2.00 bits per heavy atom. The number of unbranched alkanes of at least 4 members (excludes halogenated alkanes) is 1. The summed E-state index contributed by atoms with van der Waals surface area (Å²) in [6, 6.07) is 8.12. The highest BCUT2D eigenvalue weighted by Crippen LogP contribution is 2.39. The Morgan fingerprint density at radius 1 is 1.20 bits per heavy atom. The van der Waals surface area contributed by atoms with Gasteiger partial charge >= 0.3 is 0 Å². The minimum Gasteiger partial charge on any atom is -0.495 e. The maximum atomic E-state index is 12.4. The van der Waals surface area contributed by atoms with Crippen molar-refractivity contribution in [2.45, 2.75) is 37.4 Å². The van der Waals surface area contributed by atoms with E-state index in [2.05, 4.69) is 11.0 Å². The number of amides is 1. The first-order valence-electron chi connectivity index (χ1n) is 9.22. The first-order chi connectivity index (χ1) is 12.3. The highest BCUT2D eigenvalue weighted by molar-refractivity contribution is 8.77. The summed E-state index contributed by atoms with van der Waals surface area (Å²) >= 11 is 0. The highest BCUT2D eigenvalue weighted by Gasteiger charge is 2.22. The van der Waals surface area contributed by atoms with Gasteiger partial charge in [0.25, 0.3) is 0 Å². The molecule has 1 aromatic rings. The van der Waals surface area contributed by atoms with Crippen molar-refractivity contribution < 1.29 is 9.53 Å². The lowest BCUT2D eigenvalue weighted by Crippen LogP contribution is -2.48. The van der Waals surface area contributed by atoms with Gasteiger partial charge in [0.1, 0.15) is 5.75 Å². The summed E-state index contributed by atoms with van der Waals surface area (Å²) in [6.45, 7) is 3.38. The lowest BCUT2D eigenvalue weighted by atomic mass is 10.1. The molecule has 0 aromatic heterocycles. The van der Waals surface area contributed by atoms with Crippen molar-refractivity contribution in [3.8, 4) is 5.75 Å². The molecule has 0 bridgehead atoms. The summed E-state index contributed by atoms with van der Waals surface area (Å²) in [5.74, 6) is 2.53. The number of anilines is 1. The number of carbonyl (C=O) groups excluding carboxylic acids is 1. The van der Waals surface area contributed by atoms with Crippen molar-refractivity contribution in [3.05, 3.63) is 24.3 Å². The summed E-state index contributed by atoms with van der Waals surface area (Å²) in [4.78, 5) is 16.8. The van der Waals surface area contributed by atoms with Crippen LogP contribution in [0.25, 0.3) is 0 Å². The molecule has 1 atom stereocenters. The van der Waals surface area contributed by atoms with Crippen molar-refractivity contribution in [1.29, 1.82) is 0 Å². The average molecular weight is 381 g/mol. The smallest absolute Gasteiger partial charge is 0.222 e. The number of hydrogen-bond donors (Lipinski definition) is 0. The van der Waals surface area contributed by atoms with E-state index < -0.39 is 0 Å². The average Bonchev–Trinajstić information content (AvgIpc) is 3.18. The van der Waals surface area contributed by atoms with Gasteiger partial charge in [-0.1, -0.05) is 40.1 Å². The Morgan fingerprint density at radius 3 is 2.72 bits per heavy atom. The molecule has 3 rings (SSSR count). The van der Waals surface area contributed by atoms with Crippen LogP contribution in [-0.2, 0) is 4.79 Å². The van der Waals surface area contributed by atoms with Crippen LogP contribution in [0.3, 0.4) is 0 Å². The van der Waals surface area contributed by atoms with Crippen LogP contribution in [-0.4, -0.2) is 55.1 Å². The fraction of sp³-hybridized carbons (Fsp3) is 0.632. The molecular formula is C19H28N2O2S2. The molecule has 1 aromatic carbocycles.